The number of H-pyrrole nitrogens is 1. The van der Waals surface area contributed by atoms with Crippen LogP contribution in [0.2, 0.25) is 0 Å². The molecule has 4 rings (SSSR count). The Hall–Kier alpha value is -3.07. The molecule has 0 bridgehead atoms. The van der Waals surface area contributed by atoms with Gasteiger partial charge in [0.15, 0.2) is 22.4 Å². The molecule has 9 heteroatoms. The van der Waals surface area contributed by atoms with Crippen molar-refractivity contribution in [1.82, 2.24) is 30.9 Å². The smallest absolute Gasteiger partial charge is 0.287 e. The minimum Gasteiger partial charge on any atom is -0.448 e. The molecule has 0 aliphatic heterocycles. The second-order valence-corrected chi connectivity index (χ2v) is 5.69. The number of tetrazole rings is 1. The van der Waals surface area contributed by atoms with E-state index >= 15 is 0 Å². The topological polar surface area (TPSA) is 110 Å². The summed E-state index contributed by atoms with van der Waals surface area (Å²) in [6, 6.07) is 11.2. The van der Waals surface area contributed by atoms with E-state index in [9.17, 15) is 4.79 Å². The second-order valence-electron chi connectivity index (χ2n) is 4.66. The van der Waals surface area contributed by atoms with Crippen molar-refractivity contribution in [3.8, 4) is 10.8 Å². The lowest BCUT2D eigenvalue weighted by Gasteiger charge is -1.98. The lowest BCUT2D eigenvalue weighted by Crippen LogP contribution is -2.22. The molecule has 0 saturated heterocycles. The summed E-state index contributed by atoms with van der Waals surface area (Å²) in [7, 11) is 0. The molecule has 23 heavy (non-hydrogen) atoms. The molecule has 3 heterocycles. The number of aromatic nitrogens is 5. The molecule has 0 aliphatic carbocycles. The number of aromatic amines is 1. The molecule has 0 radical (unpaired) electrons. The summed E-state index contributed by atoms with van der Waals surface area (Å²) >= 11 is 1.52. The summed E-state index contributed by atoms with van der Waals surface area (Å²) in [5, 5.41) is 16.7. The van der Waals surface area contributed by atoms with Crippen LogP contribution < -0.4 is 5.32 Å². The van der Waals surface area contributed by atoms with Crippen molar-refractivity contribution in [2.45, 2.75) is 6.54 Å². The maximum atomic E-state index is 12.0. The number of para-hydroxylation sites is 1. The molecule has 1 aromatic carbocycles. The Morgan fingerprint density at radius 3 is 3.00 bits per heavy atom. The summed E-state index contributed by atoms with van der Waals surface area (Å²) < 4.78 is 6.67. The lowest BCUT2D eigenvalue weighted by atomic mass is 10.3. The predicted octanol–water partition coefficient (Wildman–Crippen LogP) is 2.00. The number of benzene rings is 1. The normalized spacial score (nSPS) is 11.0. The van der Waals surface area contributed by atoms with Gasteiger partial charge in [-0.25, -0.2) is 4.98 Å². The number of carbonyl (C=O) groups is 1. The van der Waals surface area contributed by atoms with Gasteiger partial charge in [0.25, 0.3) is 5.91 Å². The summed E-state index contributed by atoms with van der Waals surface area (Å²) in [6.07, 6.45) is 0. The zero-order chi connectivity index (χ0) is 15.6. The van der Waals surface area contributed by atoms with Gasteiger partial charge in [-0.2, -0.15) is 5.21 Å². The van der Waals surface area contributed by atoms with Crippen LogP contribution >= 0.6 is 11.3 Å². The van der Waals surface area contributed by atoms with Crippen LogP contribution in [0.3, 0.4) is 0 Å². The highest BCUT2D eigenvalue weighted by molar-refractivity contribution is 7.21. The average Bonchev–Trinajstić information content (AvgIpc) is 3.31. The van der Waals surface area contributed by atoms with Crippen molar-refractivity contribution in [3.05, 3.63) is 48.0 Å². The van der Waals surface area contributed by atoms with Crippen LogP contribution in [0, 0.1) is 0 Å². The Labute approximate surface area is 133 Å². The Morgan fingerprint density at radius 1 is 1.26 bits per heavy atom. The molecule has 114 valence electrons. The molecule has 0 atom stereocenters. The van der Waals surface area contributed by atoms with Crippen molar-refractivity contribution in [1.29, 1.82) is 0 Å². The van der Waals surface area contributed by atoms with Crippen molar-refractivity contribution in [2.24, 2.45) is 0 Å². The largest absolute Gasteiger partial charge is 0.448 e. The predicted molar refractivity (Wildman–Crippen MR) is 82.7 cm³/mol. The SMILES string of the molecule is O=C(NCc1nn[nH]n1)c1ccc(-c2nc3ccccc3s2)o1. The van der Waals surface area contributed by atoms with E-state index < -0.39 is 0 Å². The maximum Gasteiger partial charge on any atom is 0.287 e. The van der Waals surface area contributed by atoms with Gasteiger partial charge in [-0.1, -0.05) is 17.3 Å². The Balaban J connectivity index is 1.52. The minimum atomic E-state index is -0.345. The van der Waals surface area contributed by atoms with E-state index in [1.165, 1.54) is 11.3 Å². The summed E-state index contributed by atoms with van der Waals surface area (Å²) in [5.74, 6) is 0.831. The number of furan rings is 1. The molecule has 8 nitrogen and oxygen atoms in total. The number of hydrogen-bond donors (Lipinski definition) is 2. The van der Waals surface area contributed by atoms with Gasteiger partial charge in [0.05, 0.1) is 16.8 Å². The Kier molecular flexibility index (Phi) is 3.31. The maximum absolute atomic E-state index is 12.0. The first-order valence-corrected chi connectivity index (χ1v) is 7.57. The van der Waals surface area contributed by atoms with Gasteiger partial charge < -0.3 is 9.73 Å². The molecule has 0 fully saturated rings. The van der Waals surface area contributed by atoms with Crippen LogP contribution in [0.4, 0.5) is 0 Å². The molecule has 2 N–H and O–H groups in total. The minimum absolute atomic E-state index is 0.173. The zero-order valence-electron chi connectivity index (χ0n) is 11.7. The van der Waals surface area contributed by atoms with Gasteiger partial charge in [0.2, 0.25) is 0 Å². The van der Waals surface area contributed by atoms with Gasteiger partial charge in [-0.05, 0) is 24.3 Å². The van der Waals surface area contributed by atoms with Crippen molar-refractivity contribution in [3.63, 3.8) is 0 Å². The van der Waals surface area contributed by atoms with Gasteiger partial charge >= 0.3 is 0 Å². The van der Waals surface area contributed by atoms with E-state index in [4.69, 9.17) is 4.42 Å². The van der Waals surface area contributed by atoms with E-state index in [-0.39, 0.29) is 18.2 Å². The number of rotatable bonds is 4. The fourth-order valence-corrected chi connectivity index (χ4v) is 2.98. The van der Waals surface area contributed by atoms with Crippen LogP contribution in [0.1, 0.15) is 16.4 Å². The molecule has 0 unspecified atom stereocenters. The van der Waals surface area contributed by atoms with Crippen LogP contribution in [-0.2, 0) is 6.54 Å². The number of carbonyl (C=O) groups excluding carboxylic acids is 1. The number of amides is 1. The third-order valence-electron chi connectivity index (χ3n) is 3.13. The lowest BCUT2D eigenvalue weighted by molar-refractivity contribution is 0.0923. The van der Waals surface area contributed by atoms with Crippen molar-refractivity contribution in [2.75, 3.05) is 0 Å². The van der Waals surface area contributed by atoms with Gasteiger partial charge in [0.1, 0.15) is 0 Å². The van der Waals surface area contributed by atoms with Crippen LogP contribution in [0.25, 0.3) is 21.0 Å². The third kappa shape index (κ3) is 2.69. The van der Waals surface area contributed by atoms with Crippen molar-refractivity contribution < 1.29 is 9.21 Å². The number of fused-ring (bicyclic) bond motifs is 1. The summed E-state index contributed by atoms with van der Waals surface area (Å²) in [5.41, 5.74) is 0.909. The quantitative estimate of drug-likeness (QED) is 0.593. The average molecular weight is 326 g/mol. The molecular weight excluding hydrogens is 316 g/mol. The Morgan fingerprint density at radius 2 is 2.17 bits per heavy atom. The molecule has 0 saturated carbocycles. The number of nitrogens with one attached hydrogen (secondary N) is 2. The molecule has 3 aromatic heterocycles. The molecule has 0 aliphatic rings. The van der Waals surface area contributed by atoms with E-state index in [2.05, 4.69) is 30.9 Å². The first-order valence-electron chi connectivity index (χ1n) is 6.76. The molecule has 4 aromatic rings. The fraction of sp³-hybridized carbons (Fsp3) is 0.0714. The van der Waals surface area contributed by atoms with E-state index in [0.717, 1.165) is 15.2 Å². The number of thiazole rings is 1. The fourth-order valence-electron chi connectivity index (χ4n) is 2.06. The van der Waals surface area contributed by atoms with Crippen LogP contribution in [0.5, 0.6) is 0 Å². The first-order chi connectivity index (χ1) is 11.3. The number of nitrogens with zero attached hydrogens (tertiary/aromatic N) is 4. The van der Waals surface area contributed by atoms with E-state index in [0.29, 0.717) is 11.6 Å². The summed E-state index contributed by atoms with van der Waals surface area (Å²) in [4.78, 5) is 16.6. The van der Waals surface area contributed by atoms with Gasteiger partial charge in [-0.15, -0.1) is 21.5 Å². The van der Waals surface area contributed by atoms with Crippen molar-refractivity contribution >= 4 is 27.5 Å². The van der Waals surface area contributed by atoms with E-state index in [1.54, 1.807) is 12.1 Å². The monoisotopic (exact) mass is 326 g/mol. The highest BCUT2D eigenvalue weighted by Gasteiger charge is 2.15. The molecule has 0 spiro atoms. The van der Waals surface area contributed by atoms with E-state index in [1.807, 2.05) is 24.3 Å². The summed E-state index contributed by atoms with van der Waals surface area (Å²) in [6.45, 7) is 0.173. The highest BCUT2D eigenvalue weighted by atomic mass is 32.1. The third-order valence-corrected chi connectivity index (χ3v) is 4.18. The van der Waals surface area contributed by atoms with Gasteiger partial charge in [0, 0.05) is 0 Å². The standard InChI is InChI=1S/C14H10N6O2S/c21-13(15-7-12-17-19-20-18-12)9-5-6-10(22-9)14-16-8-3-1-2-4-11(8)23-14/h1-6H,7H2,(H,15,21)(H,17,18,19,20). The van der Waals surface area contributed by atoms with Crippen LogP contribution in [0.15, 0.2) is 40.8 Å². The van der Waals surface area contributed by atoms with Gasteiger partial charge in [-0.3, -0.25) is 4.79 Å². The zero-order valence-corrected chi connectivity index (χ0v) is 12.5. The van der Waals surface area contributed by atoms with Crippen LogP contribution in [-0.4, -0.2) is 31.5 Å². The highest BCUT2D eigenvalue weighted by Crippen LogP contribution is 2.31. The first kappa shape index (κ1) is 13.6. The Bertz CT molecular complexity index is 926. The number of hydrogen-bond acceptors (Lipinski definition) is 7. The molecular formula is C14H10N6O2S. The molecule has 1 amide bonds. The second kappa shape index (κ2) is 5.61.